The van der Waals surface area contributed by atoms with Gasteiger partial charge in [0.25, 0.3) is 0 Å². The van der Waals surface area contributed by atoms with Crippen molar-refractivity contribution in [1.29, 1.82) is 0 Å². The lowest BCUT2D eigenvalue weighted by Gasteiger charge is -2.19. The first-order valence-corrected chi connectivity index (χ1v) is 8.03. The molecule has 0 saturated carbocycles. The second kappa shape index (κ2) is 9.77. The summed E-state index contributed by atoms with van der Waals surface area (Å²) in [5.74, 6) is -0.433. The van der Waals surface area contributed by atoms with Gasteiger partial charge in [0.1, 0.15) is 6.10 Å². The summed E-state index contributed by atoms with van der Waals surface area (Å²) < 4.78 is 16.2. The zero-order valence-corrected chi connectivity index (χ0v) is 13.4. The molecule has 1 heterocycles. The van der Waals surface area contributed by atoms with Gasteiger partial charge in [0.05, 0.1) is 25.2 Å². The van der Waals surface area contributed by atoms with Crippen LogP contribution in [-0.2, 0) is 23.8 Å². The summed E-state index contributed by atoms with van der Waals surface area (Å²) in [6, 6.07) is 0. The largest absolute Gasteiger partial charge is 0.466 e. The van der Waals surface area contributed by atoms with Crippen molar-refractivity contribution in [1.82, 2.24) is 0 Å². The number of rotatable bonds is 9. The molecule has 1 rings (SSSR count). The summed E-state index contributed by atoms with van der Waals surface area (Å²) >= 11 is 0. The highest BCUT2D eigenvalue weighted by molar-refractivity contribution is 5.70. The highest BCUT2D eigenvalue weighted by Crippen LogP contribution is 2.26. The van der Waals surface area contributed by atoms with Crippen LogP contribution in [0.2, 0.25) is 0 Å². The molecule has 21 heavy (non-hydrogen) atoms. The predicted octanol–water partition coefficient (Wildman–Crippen LogP) is 3.00. The van der Waals surface area contributed by atoms with Crippen LogP contribution in [0.15, 0.2) is 0 Å². The molecule has 0 aromatic heterocycles. The highest BCUT2D eigenvalue weighted by atomic mass is 16.6. The third-order valence-corrected chi connectivity index (χ3v) is 3.66. The SMILES string of the molecule is CCCCOC(=O)C[C@@H]1CC[C@H](C[C@@H](CC)OC(C)=O)O1. The van der Waals surface area contributed by atoms with Crippen LogP contribution in [0.4, 0.5) is 0 Å². The molecule has 0 unspecified atom stereocenters. The molecule has 1 saturated heterocycles. The fraction of sp³-hybridized carbons (Fsp3) is 0.875. The lowest BCUT2D eigenvalue weighted by atomic mass is 10.1. The van der Waals surface area contributed by atoms with Crippen LogP contribution in [0.3, 0.4) is 0 Å². The minimum absolute atomic E-state index is 0.0565. The minimum Gasteiger partial charge on any atom is -0.466 e. The Bertz CT molecular complexity index is 329. The molecular formula is C16H28O5. The summed E-state index contributed by atoms with van der Waals surface area (Å²) in [5, 5.41) is 0. The number of carbonyl (C=O) groups is 2. The van der Waals surface area contributed by atoms with Crippen molar-refractivity contribution in [3.63, 3.8) is 0 Å². The Morgan fingerprint density at radius 3 is 2.57 bits per heavy atom. The first-order chi connectivity index (χ1) is 10.0. The fourth-order valence-electron chi connectivity index (χ4n) is 2.50. The van der Waals surface area contributed by atoms with Crippen molar-refractivity contribution >= 4 is 11.9 Å². The third-order valence-electron chi connectivity index (χ3n) is 3.66. The number of hydrogen-bond acceptors (Lipinski definition) is 5. The Kier molecular flexibility index (Phi) is 8.35. The number of hydrogen-bond donors (Lipinski definition) is 0. The molecule has 5 heteroatoms. The number of carbonyl (C=O) groups excluding carboxylic acids is 2. The Hall–Kier alpha value is -1.10. The molecule has 122 valence electrons. The van der Waals surface area contributed by atoms with E-state index in [1.165, 1.54) is 6.92 Å². The van der Waals surface area contributed by atoms with Gasteiger partial charge >= 0.3 is 11.9 Å². The highest BCUT2D eigenvalue weighted by Gasteiger charge is 2.29. The second-order valence-corrected chi connectivity index (χ2v) is 5.61. The van der Waals surface area contributed by atoms with Crippen LogP contribution < -0.4 is 0 Å². The molecule has 0 aliphatic carbocycles. The molecule has 0 amide bonds. The van der Waals surface area contributed by atoms with Crippen molar-refractivity contribution in [2.24, 2.45) is 0 Å². The zero-order valence-electron chi connectivity index (χ0n) is 13.4. The van der Waals surface area contributed by atoms with Gasteiger partial charge in [-0.1, -0.05) is 20.3 Å². The van der Waals surface area contributed by atoms with Gasteiger partial charge in [0.2, 0.25) is 0 Å². The van der Waals surface area contributed by atoms with E-state index in [9.17, 15) is 9.59 Å². The lowest BCUT2D eigenvalue weighted by Crippen LogP contribution is -2.23. The Morgan fingerprint density at radius 2 is 1.95 bits per heavy atom. The average molecular weight is 300 g/mol. The summed E-state index contributed by atoms with van der Waals surface area (Å²) in [6.45, 7) is 5.97. The van der Waals surface area contributed by atoms with E-state index in [0.717, 1.165) is 32.1 Å². The van der Waals surface area contributed by atoms with Gasteiger partial charge in [-0.2, -0.15) is 0 Å². The third kappa shape index (κ3) is 7.46. The van der Waals surface area contributed by atoms with Crippen molar-refractivity contribution in [3.8, 4) is 0 Å². The second-order valence-electron chi connectivity index (χ2n) is 5.61. The molecule has 0 radical (unpaired) electrons. The van der Waals surface area contributed by atoms with E-state index in [2.05, 4.69) is 6.92 Å². The maximum Gasteiger partial charge on any atom is 0.308 e. The normalized spacial score (nSPS) is 22.8. The van der Waals surface area contributed by atoms with Crippen molar-refractivity contribution < 1.29 is 23.8 Å². The number of esters is 2. The van der Waals surface area contributed by atoms with Crippen LogP contribution in [0.1, 0.15) is 65.7 Å². The summed E-state index contributed by atoms with van der Waals surface area (Å²) in [5.41, 5.74) is 0. The van der Waals surface area contributed by atoms with Gasteiger partial charge in [-0.3, -0.25) is 9.59 Å². The van der Waals surface area contributed by atoms with Gasteiger partial charge < -0.3 is 14.2 Å². The van der Waals surface area contributed by atoms with E-state index in [1.54, 1.807) is 0 Å². The van der Waals surface area contributed by atoms with Gasteiger partial charge in [-0.25, -0.2) is 0 Å². The standard InChI is InChI=1S/C16H28O5/c1-4-6-9-19-16(18)11-15-8-7-14(21-15)10-13(5-2)20-12(3)17/h13-15H,4-11H2,1-3H3/t13-,14-,15+/m1/s1. The zero-order chi connectivity index (χ0) is 15.7. The number of ether oxygens (including phenoxy) is 3. The van der Waals surface area contributed by atoms with Crippen LogP contribution >= 0.6 is 0 Å². The van der Waals surface area contributed by atoms with Crippen LogP contribution in [0.25, 0.3) is 0 Å². The van der Waals surface area contributed by atoms with E-state index >= 15 is 0 Å². The van der Waals surface area contributed by atoms with Gasteiger partial charge in [-0.05, 0) is 25.7 Å². The van der Waals surface area contributed by atoms with Gasteiger partial charge in [0, 0.05) is 13.3 Å². The van der Waals surface area contributed by atoms with Crippen LogP contribution in [0.5, 0.6) is 0 Å². The maximum absolute atomic E-state index is 11.6. The predicted molar refractivity (Wildman–Crippen MR) is 78.8 cm³/mol. The molecule has 1 fully saturated rings. The van der Waals surface area contributed by atoms with Crippen molar-refractivity contribution in [2.75, 3.05) is 6.61 Å². The molecule has 1 aliphatic rings. The monoisotopic (exact) mass is 300 g/mol. The number of unbranched alkanes of at least 4 members (excludes halogenated alkanes) is 1. The molecule has 3 atom stereocenters. The van der Waals surface area contributed by atoms with E-state index in [0.29, 0.717) is 19.4 Å². The minimum atomic E-state index is -0.254. The topological polar surface area (TPSA) is 61.8 Å². The van der Waals surface area contributed by atoms with E-state index in [-0.39, 0.29) is 30.3 Å². The van der Waals surface area contributed by atoms with Crippen molar-refractivity contribution in [2.45, 2.75) is 84.0 Å². The smallest absolute Gasteiger partial charge is 0.308 e. The average Bonchev–Trinajstić information content (AvgIpc) is 2.85. The Morgan fingerprint density at radius 1 is 1.24 bits per heavy atom. The fourth-order valence-corrected chi connectivity index (χ4v) is 2.50. The van der Waals surface area contributed by atoms with E-state index in [4.69, 9.17) is 14.2 Å². The molecule has 0 bridgehead atoms. The first-order valence-electron chi connectivity index (χ1n) is 8.03. The van der Waals surface area contributed by atoms with Crippen molar-refractivity contribution in [3.05, 3.63) is 0 Å². The van der Waals surface area contributed by atoms with E-state index < -0.39 is 0 Å². The molecule has 0 spiro atoms. The van der Waals surface area contributed by atoms with Gasteiger partial charge in [0.15, 0.2) is 0 Å². The summed E-state index contributed by atoms with van der Waals surface area (Å²) in [6.07, 6.45) is 5.42. The van der Waals surface area contributed by atoms with E-state index in [1.807, 2.05) is 6.92 Å². The molecule has 5 nitrogen and oxygen atoms in total. The lowest BCUT2D eigenvalue weighted by molar-refractivity contribution is -0.148. The molecule has 0 aromatic carbocycles. The maximum atomic E-state index is 11.6. The Balaban J connectivity index is 2.25. The van der Waals surface area contributed by atoms with Crippen LogP contribution in [-0.4, -0.2) is 36.9 Å². The molecular weight excluding hydrogens is 272 g/mol. The first kappa shape index (κ1) is 18.0. The molecule has 1 aliphatic heterocycles. The summed E-state index contributed by atoms with van der Waals surface area (Å²) in [4.78, 5) is 22.6. The summed E-state index contributed by atoms with van der Waals surface area (Å²) in [7, 11) is 0. The molecule has 0 N–H and O–H groups in total. The molecule has 0 aromatic rings. The van der Waals surface area contributed by atoms with Crippen LogP contribution in [0, 0.1) is 0 Å². The Labute approximate surface area is 127 Å². The van der Waals surface area contributed by atoms with Gasteiger partial charge in [-0.15, -0.1) is 0 Å². The quantitative estimate of drug-likeness (QED) is 0.484.